The molecule has 2 aromatic carbocycles. The molecule has 0 fully saturated rings. The van der Waals surface area contributed by atoms with Crippen molar-refractivity contribution in [2.24, 2.45) is 0 Å². The number of nitrogens with one attached hydrogen (secondary N) is 1. The van der Waals surface area contributed by atoms with E-state index in [0.717, 1.165) is 34.0 Å². The molecule has 0 saturated carbocycles. The summed E-state index contributed by atoms with van der Waals surface area (Å²) in [6.07, 6.45) is 1.83. The van der Waals surface area contributed by atoms with E-state index in [0.29, 0.717) is 10.8 Å². The molecular formula is C21H18ClN3O2. The van der Waals surface area contributed by atoms with Crippen LogP contribution in [0, 0.1) is 6.92 Å². The first-order valence-electron chi connectivity index (χ1n) is 8.44. The van der Waals surface area contributed by atoms with Gasteiger partial charge in [-0.05, 0) is 48.9 Å². The van der Waals surface area contributed by atoms with Crippen LogP contribution in [0.3, 0.4) is 0 Å². The van der Waals surface area contributed by atoms with Gasteiger partial charge in [-0.2, -0.15) is 0 Å². The van der Waals surface area contributed by atoms with Crippen LogP contribution >= 0.6 is 11.6 Å². The highest BCUT2D eigenvalue weighted by Crippen LogP contribution is 2.36. The maximum absolute atomic E-state index is 9.92. The number of phenolic OH excluding ortho intramolecular Hbond substituents is 1. The van der Waals surface area contributed by atoms with Crippen molar-refractivity contribution in [1.29, 1.82) is 0 Å². The molecule has 0 atom stereocenters. The van der Waals surface area contributed by atoms with Gasteiger partial charge in [-0.25, -0.2) is 4.98 Å². The number of hydrogen-bond acceptors (Lipinski definition) is 4. The number of rotatable bonds is 4. The lowest BCUT2D eigenvalue weighted by Gasteiger charge is -2.12. The average molecular weight is 380 g/mol. The van der Waals surface area contributed by atoms with Gasteiger partial charge in [0.05, 0.1) is 12.1 Å². The quantitative estimate of drug-likeness (QED) is 0.497. The second-order valence-electron chi connectivity index (χ2n) is 6.21. The summed E-state index contributed by atoms with van der Waals surface area (Å²) in [5.41, 5.74) is 4.41. The number of nitrogens with zero attached hydrogens (tertiary/aromatic N) is 2. The van der Waals surface area contributed by atoms with Crippen molar-refractivity contribution in [3.63, 3.8) is 0 Å². The van der Waals surface area contributed by atoms with E-state index >= 15 is 0 Å². The fraction of sp³-hybridized carbons (Fsp3) is 0.0952. The molecule has 6 heteroatoms. The van der Waals surface area contributed by atoms with Crippen LogP contribution in [0.5, 0.6) is 11.5 Å². The molecule has 27 heavy (non-hydrogen) atoms. The number of halogens is 1. The third kappa shape index (κ3) is 3.17. The van der Waals surface area contributed by atoms with Gasteiger partial charge in [-0.3, -0.25) is 4.40 Å². The molecule has 2 N–H and O–H groups in total. The van der Waals surface area contributed by atoms with Gasteiger partial charge in [-0.1, -0.05) is 29.8 Å². The van der Waals surface area contributed by atoms with Gasteiger partial charge in [-0.15, -0.1) is 0 Å². The molecule has 4 aromatic rings. The zero-order chi connectivity index (χ0) is 19.0. The molecule has 136 valence electrons. The highest BCUT2D eigenvalue weighted by atomic mass is 35.5. The van der Waals surface area contributed by atoms with E-state index in [1.807, 2.05) is 60.0 Å². The van der Waals surface area contributed by atoms with E-state index in [-0.39, 0.29) is 5.75 Å². The van der Waals surface area contributed by atoms with E-state index in [1.165, 1.54) is 7.11 Å². The summed E-state index contributed by atoms with van der Waals surface area (Å²) in [5.74, 6) is 1.26. The SMILES string of the molecule is COc1cc(-c2nc3ccc(Cl)cn3c2Nc2ccccc2C)ccc1O. The summed E-state index contributed by atoms with van der Waals surface area (Å²) < 4.78 is 7.17. The van der Waals surface area contributed by atoms with Gasteiger partial charge >= 0.3 is 0 Å². The average Bonchev–Trinajstić information content (AvgIpc) is 3.02. The van der Waals surface area contributed by atoms with E-state index in [4.69, 9.17) is 21.3 Å². The number of benzene rings is 2. The number of anilines is 2. The Balaban J connectivity index is 1.93. The monoisotopic (exact) mass is 379 g/mol. The van der Waals surface area contributed by atoms with Gasteiger partial charge in [0, 0.05) is 17.4 Å². The van der Waals surface area contributed by atoms with Crippen LogP contribution in [-0.2, 0) is 0 Å². The molecule has 2 heterocycles. The van der Waals surface area contributed by atoms with Gasteiger partial charge in [0.2, 0.25) is 0 Å². The van der Waals surface area contributed by atoms with Crippen LogP contribution in [0.25, 0.3) is 16.9 Å². The van der Waals surface area contributed by atoms with Crippen LogP contribution in [0.1, 0.15) is 5.56 Å². The minimum Gasteiger partial charge on any atom is -0.504 e. The lowest BCUT2D eigenvalue weighted by Crippen LogP contribution is -1.98. The second kappa shape index (κ2) is 6.85. The lowest BCUT2D eigenvalue weighted by molar-refractivity contribution is 0.373. The zero-order valence-electron chi connectivity index (χ0n) is 14.9. The van der Waals surface area contributed by atoms with Crippen LogP contribution < -0.4 is 10.1 Å². The largest absolute Gasteiger partial charge is 0.504 e. The summed E-state index contributed by atoms with van der Waals surface area (Å²) >= 11 is 6.22. The molecular weight excluding hydrogens is 362 g/mol. The third-order valence-corrected chi connectivity index (χ3v) is 4.66. The highest BCUT2D eigenvalue weighted by molar-refractivity contribution is 6.30. The number of aromatic hydroxyl groups is 1. The van der Waals surface area contributed by atoms with Crippen molar-refractivity contribution < 1.29 is 9.84 Å². The van der Waals surface area contributed by atoms with Crippen LogP contribution in [0.2, 0.25) is 5.02 Å². The van der Waals surface area contributed by atoms with Crippen molar-refractivity contribution >= 4 is 28.8 Å². The number of pyridine rings is 1. The van der Waals surface area contributed by atoms with Gasteiger partial charge in [0.15, 0.2) is 11.5 Å². The van der Waals surface area contributed by atoms with Crippen LogP contribution in [0.4, 0.5) is 11.5 Å². The standard InChI is InChI=1S/C21H18ClN3O2/c1-13-5-3-4-6-16(13)23-21-20(14-7-9-17(26)18(11-14)27-2)24-19-10-8-15(22)12-25(19)21/h3-12,23,26H,1-2H3. The number of aryl methyl sites for hydroxylation is 1. The number of para-hydroxylation sites is 1. The molecule has 0 bridgehead atoms. The highest BCUT2D eigenvalue weighted by Gasteiger charge is 2.17. The number of aromatic nitrogens is 2. The van der Waals surface area contributed by atoms with Gasteiger partial charge < -0.3 is 15.2 Å². The molecule has 4 rings (SSSR count). The van der Waals surface area contributed by atoms with Gasteiger partial charge in [0.25, 0.3) is 0 Å². The van der Waals surface area contributed by atoms with E-state index in [1.54, 1.807) is 12.1 Å². The van der Waals surface area contributed by atoms with Crippen LogP contribution in [0.15, 0.2) is 60.8 Å². The number of fused-ring (bicyclic) bond motifs is 1. The molecule has 0 aliphatic heterocycles. The number of ether oxygens (including phenoxy) is 1. The molecule has 0 aliphatic carbocycles. The Hall–Kier alpha value is -3.18. The van der Waals surface area contributed by atoms with Crippen molar-refractivity contribution in [3.8, 4) is 22.8 Å². The molecule has 0 aliphatic rings. The smallest absolute Gasteiger partial charge is 0.161 e. The molecule has 2 aromatic heterocycles. The summed E-state index contributed by atoms with van der Waals surface area (Å²) in [4.78, 5) is 4.76. The Morgan fingerprint density at radius 1 is 1.11 bits per heavy atom. The molecule has 0 radical (unpaired) electrons. The Morgan fingerprint density at radius 2 is 1.93 bits per heavy atom. The summed E-state index contributed by atoms with van der Waals surface area (Å²) in [6, 6.07) is 16.9. The maximum Gasteiger partial charge on any atom is 0.161 e. The summed E-state index contributed by atoms with van der Waals surface area (Å²) in [5, 5.41) is 14.0. The maximum atomic E-state index is 9.92. The minimum absolute atomic E-state index is 0.0847. The zero-order valence-corrected chi connectivity index (χ0v) is 15.7. The van der Waals surface area contributed by atoms with E-state index in [9.17, 15) is 5.11 Å². The third-order valence-electron chi connectivity index (χ3n) is 4.43. The minimum atomic E-state index is 0.0847. The Kier molecular flexibility index (Phi) is 4.38. The number of hydrogen-bond donors (Lipinski definition) is 2. The number of imidazole rings is 1. The molecule has 0 unspecified atom stereocenters. The van der Waals surface area contributed by atoms with Crippen molar-refractivity contribution in [1.82, 2.24) is 9.38 Å². The van der Waals surface area contributed by atoms with E-state index in [2.05, 4.69) is 5.32 Å². The molecule has 0 saturated heterocycles. The van der Waals surface area contributed by atoms with Crippen molar-refractivity contribution in [2.45, 2.75) is 6.92 Å². The molecule has 0 amide bonds. The Bertz CT molecular complexity index is 1140. The first-order valence-corrected chi connectivity index (χ1v) is 8.82. The molecule has 5 nitrogen and oxygen atoms in total. The normalized spacial score (nSPS) is 10.9. The Labute approximate surface area is 161 Å². The summed E-state index contributed by atoms with van der Waals surface area (Å²) in [7, 11) is 1.52. The fourth-order valence-corrected chi connectivity index (χ4v) is 3.17. The second-order valence-corrected chi connectivity index (χ2v) is 6.65. The Morgan fingerprint density at radius 3 is 2.70 bits per heavy atom. The predicted molar refractivity (Wildman–Crippen MR) is 108 cm³/mol. The number of phenols is 1. The summed E-state index contributed by atoms with van der Waals surface area (Å²) in [6.45, 7) is 2.04. The predicted octanol–water partition coefficient (Wildman–Crippen LogP) is 5.42. The number of methoxy groups -OCH3 is 1. The van der Waals surface area contributed by atoms with E-state index < -0.39 is 0 Å². The van der Waals surface area contributed by atoms with Crippen LogP contribution in [-0.4, -0.2) is 21.6 Å². The molecule has 0 spiro atoms. The first-order chi connectivity index (χ1) is 13.1. The lowest BCUT2D eigenvalue weighted by atomic mass is 10.1. The first kappa shape index (κ1) is 17.2. The van der Waals surface area contributed by atoms with Gasteiger partial charge in [0.1, 0.15) is 17.2 Å². The van der Waals surface area contributed by atoms with Crippen molar-refractivity contribution in [2.75, 3.05) is 12.4 Å². The van der Waals surface area contributed by atoms with Crippen molar-refractivity contribution in [3.05, 3.63) is 71.4 Å². The topological polar surface area (TPSA) is 58.8 Å². The fourth-order valence-electron chi connectivity index (χ4n) is 3.01.